The van der Waals surface area contributed by atoms with Crippen LogP contribution in [0.4, 0.5) is 24.9 Å². The van der Waals surface area contributed by atoms with Crippen molar-refractivity contribution < 1.29 is 18.3 Å². The Balaban J connectivity index is 1.47. The predicted molar refractivity (Wildman–Crippen MR) is 127 cm³/mol. The highest BCUT2D eigenvalue weighted by atomic mass is 19.4. The van der Waals surface area contributed by atoms with Crippen molar-refractivity contribution in [2.24, 2.45) is 0 Å². The zero-order valence-corrected chi connectivity index (χ0v) is 18.8. The summed E-state index contributed by atoms with van der Waals surface area (Å²) in [6, 6.07) is 15.0. The van der Waals surface area contributed by atoms with Crippen molar-refractivity contribution in [3.05, 3.63) is 72.1 Å². The Kier molecular flexibility index (Phi) is 6.29. The summed E-state index contributed by atoms with van der Waals surface area (Å²) in [7, 11) is 0. The summed E-state index contributed by atoms with van der Waals surface area (Å²) in [4.78, 5) is 13.8. The van der Waals surface area contributed by atoms with Gasteiger partial charge in [0.05, 0.1) is 11.7 Å². The van der Waals surface area contributed by atoms with Gasteiger partial charge in [0.25, 0.3) is 0 Å². The molecule has 2 heterocycles. The van der Waals surface area contributed by atoms with E-state index >= 15 is 0 Å². The number of nitrogens with one attached hydrogen (secondary N) is 2. The molecule has 0 radical (unpaired) electrons. The number of hydrogen-bond donors (Lipinski definition) is 3. The Labute approximate surface area is 200 Å². The minimum atomic E-state index is -4.41. The number of hydrogen-bond acceptors (Lipinski definition) is 6. The number of imidazole rings is 1. The molecule has 10 heteroatoms. The van der Waals surface area contributed by atoms with Crippen LogP contribution in [0, 0.1) is 0 Å². The molecule has 0 spiro atoms. The van der Waals surface area contributed by atoms with E-state index in [-0.39, 0.29) is 18.7 Å². The molecule has 1 saturated carbocycles. The van der Waals surface area contributed by atoms with Crippen molar-refractivity contribution >= 4 is 22.9 Å². The van der Waals surface area contributed by atoms with Gasteiger partial charge >= 0.3 is 6.18 Å². The first kappa shape index (κ1) is 23.1. The third-order valence-corrected chi connectivity index (χ3v) is 6.17. The van der Waals surface area contributed by atoms with Gasteiger partial charge in [0.15, 0.2) is 17.0 Å². The number of alkyl halides is 3. The molecule has 182 valence electrons. The molecule has 0 amide bonds. The number of anilines is 2. The number of aromatic nitrogens is 4. The quantitative estimate of drug-likeness (QED) is 0.352. The van der Waals surface area contributed by atoms with E-state index in [0.717, 1.165) is 30.7 Å². The molecule has 35 heavy (non-hydrogen) atoms. The zero-order valence-electron chi connectivity index (χ0n) is 18.8. The molecule has 2 aromatic carbocycles. The number of nitrogens with zero attached hydrogens (tertiary/aromatic N) is 4. The number of aliphatic hydroxyl groups is 1. The van der Waals surface area contributed by atoms with Gasteiger partial charge in [-0.3, -0.25) is 4.57 Å². The van der Waals surface area contributed by atoms with Crippen LogP contribution in [0.3, 0.4) is 0 Å². The zero-order chi connectivity index (χ0) is 24.4. The van der Waals surface area contributed by atoms with Gasteiger partial charge in [-0.15, -0.1) is 0 Å². The lowest BCUT2D eigenvalue weighted by molar-refractivity contribution is -0.137. The first-order chi connectivity index (χ1) is 16.9. The molecule has 1 aliphatic rings. The molecular formula is C25H25F3N6O. The van der Waals surface area contributed by atoms with E-state index in [9.17, 15) is 18.3 Å². The lowest BCUT2D eigenvalue weighted by Crippen LogP contribution is -2.29. The third-order valence-electron chi connectivity index (χ3n) is 6.17. The summed E-state index contributed by atoms with van der Waals surface area (Å²) in [6.07, 6.45) is -0.00512. The Morgan fingerprint density at radius 2 is 1.74 bits per heavy atom. The molecule has 7 nitrogen and oxygen atoms in total. The predicted octanol–water partition coefficient (Wildman–Crippen LogP) is 5.16. The summed E-state index contributed by atoms with van der Waals surface area (Å²) in [5.74, 6) is 0.837. The van der Waals surface area contributed by atoms with Gasteiger partial charge in [0.2, 0.25) is 5.95 Å². The van der Waals surface area contributed by atoms with Crippen LogP contribution in [0.2, 0.25) is 0 Å². The standard InChI is InChI=1S/C25H25F3N6O/c26-25(27,28)17-6-4-5-16(13-17)14-29-22-21-23(34(15-30-21)19-7-2-1-3-8-19)33-24(32-22)31-18-9-11-20(35)12-10-18/h1-8,13,15,18,20,35H,9-12,14H2,(H2,29,31,32,33). The molecular weight excluding hydrogens is 457 g/mol. The molecule has 0 aliphatic heterocycles. The van der Waals surface area contributed by atoms with Crippen molar-refractivity contribution in [3.8, 4) is 5.69 Å². The van der Waals surface area contributed by atoms with Crippen LogP contribution in [0.25, 0.3) is 16.9 Å². The second kappa shape index (κ2) is 9.53. The van der Waals surface area contributed by atoms with Gasteiger partial charge < -0.3 is 15.7 Å². The highest BCUT2D eigenvalue weighted by Gasteiger charge is 2.30. The van der Waals surface area contributed by atoms with E-state index in [0.29, 0.717) is 41.3 Å². The van der Waals surface area contributed by atoms with E-state index in [2.05, 4.69) is 20.6 Å². The van der Waals surface area contributed by atoms with Gasteiger partial charge in [0, 0.05) is 18.3 Å². The molecule has 0 unspecified atom stereocenters. The topological polar surface area (TPSA) is 87.9 Å². The van der Waals surface area contributed by atoms with Gasteiger partial charge in [-0.1, -0.05) is 30.3 Å². The minimum absolute atomic E-state index is 0.125. The number of aliphatic hydroxyl groups excluding tert-OH is 1. The van der Waals surface area contributed by atoms with Crippen LogP contribution in [-0.2, 0) is 12.7 Å². The van der Waals surface area contributed by atoms with Crippen LogP contribution in [0.15, 0.2) is 60.9 Å². The average Bonchev–Trinajstić information content (AvgIpc) is 3.28. The van der Waals surface area contributed by atoms with Crippen LogP contribution in [0.5, 0.6) is 0 Å². The van der Waals surface area contributed by atoms with Crippen LogP contribution in [0.1, 0.15) is 36.8 Å². The van der Waals surface area contributed by atoms with E-state index < -0.39 is 11.7 Å². The van der Waals surface area contributed by atoms with Crippen molar-refractivity contribution in [2.75, 3.05) is 10.6 Å². The highest BCUT2D eigenvalue weighted by Crippen LogP contribution is 2.30. The fourth-order valence-electron chi connectivity index (χ4n) is 4.31. The van der Waals surface area contributed by atoms with Crippen molar-refractivity contribution in [1.82, 2.24) is 19.5 Å². The molecule has 1 aliphatic carbocycles. The molecule has 4 aromatic rings. The number of rotatable bonds is 6. The molecule has 0 bridgehead atoms. The number of fused-ring (bicyclic) bond motifs is 1. The fourth-order valence-corrected chi connectivity index (χ4v) is 4.31. The Bertz CT molecular complexity index is 1300. The second-order valence-corrected chi connectivity index (χ2v) is 8.72. The van der Waals surface area contributed by atoms with Crippen LogP contribution in [-0.4, -0.2) is 36.8 Å². The third kappa shape index (κ3) is 5.22. The Hall–Kier alpha value is -3.66. The Morgan fingerprint density at radius 3 is 2.49 bits per heavy atom. The van der Waals surface area contributed by atoms with E-state index in [1.807, 2.05) is 34.9 Å². The maximum Gasteiger partial charge on any atom is 0.416 e. The first-order valence-electron chi connectivity index (χ1n) is 11.5. The number of halogens is 3. The maximum atomic E-state index is 13.1. The van der Waals surface area contributed by atoms with Crippen LogP contribution < -0.4 is 10.6 Å². The van der Waals surface area contributed by atoms with Gasteiger partial charge in [-0.25, -0.2) is 4.98 Å². The van der Waals surface area contributed by atoms with Crippen LogP contribution >= 0.6 is 0 Å². The van der Waals surface area contributed by atoms with E-state index in [1.165, 1.54) is 6.07 Å². The molecule has 2 aromatic heterocycles. The maximum absolute atomic E-state index is 13.1. The average molecular weight is 483 g/mol. The Morgan fingerprint density at radius 1 is 0.971 bits per heavy atom. The number of para-hydroxylation sites is 1. The summed E-state index contributed by atoms with van der Waals surface area (Å²) < 4.78 is 41.2. The highest BCUT2D eigenvalue weighted by molar-refractivity contribution is 5.85. The monoisotopic (exact) mass is 482 g/mol. The second-order valence-electron chi connectivity index (χ2n) is 8.72. The van der Waals surface area contributed by atoms with E-state index in [4.69, 9.17) is 4.98 Å². The summed E-state index contributed by atoms with van der Waals surface area (Å²) in [6.45, 7) is 0.142. The molecule has 5 rings (SSSR count). The lowest BCUT2D eigenvalue weighted by atomic mass is 9.93. The molecule has 3 N–H and O–H groups in total. The smallest absolute Gasteiger partial charge is 0.393 e. The number of benzene rings is 2. The largest absolute Gasteiger partial charge is 0.416 e. The SMILES string of the molecule is OC1CCC(Nc2nc(NCc3cccc(C(F)(F)F)c3)c3ncn(-c4ccccc4)c3n2)CC1. The first-order valence-corrected chi connectivity index (χ1v) is 11.5. The fraction of sp³-hybridized carbons (Fsp3) is 0.320. The summed E-state index contributed by atoms with van der Waals surface area (Å²) in [5.41, 5.74) is 1.76. The van der Waals surface area contributed by atoms with E-state index in [1.54, 1.807) is 12.4 Å². The van der Waals surface area contributed by atoms with Gasteiger partial charge in [-0.2, -0.15) is 23.1 Å². The van der Waals surface area contributed by atoms with Gasteiger partial charge in [-0.05, 0) is 55.5 Å². The van der Waals surface area contributed by atoms with Crippen molar-refractivity contribution in [1.29, 1.82) is 0 Å². The van der Waals surface area contributed by atoms with Crippen molar-refractivity contribution in [3.63, 3.8) is 0 Å². The summed E-state index contributed by atoms with van der Waals surface area (Å²) in [5, 5.41) is 16.3. The minimum Gasteiger partial charge on any atom is -0.393 e. The van der Waals surface area contributed by atoms with Crippen molar-refractivity contribution in [2.45, 2.75) is 50.6 Å². The lowest BCUT2D eigenvalue weighted by Gasteiger charge is -2.26. The van der Waals surface area contributed by atoms with Gasteiger partial charge in [0.1, 0.15) is 6.33 Å². The molecule has 0 atom stereocenters. The summed E-state index contributed by atoms with van der Waals surface area (Å²) >= 11 is 0. The normalized spacial score (nSPS) is 18.5. The molecule has 1 fully saturated rings. The molecule has 0 saturated heterocycles.